The van der Waals surface area contributed by atoms with Gasteiger partial charge in [-0.05, 0) is 37.6 Å². The zero-order chi connectivity index (χ0) is 14.0. The van der Waals surface area contributed by atoms with Gasteiger partial charge in [-0.15, -0.1) is 0 Å². The number of carbonyl (C=O) groups is 1. The highest BCUT2D eigenvalue weighted by Crippen LogP contribution is 2.33. The number of cyclic esters (lactones) is 1. The van der Waals surface area contributed by atoms with E-state index in [4.69, 9.17) is 14.2 Å². The van der Waals surface area contributed by atoms with Gasteiger partial charge < -0.3 is 14.2 Å². The lowest BCUT2D eigenvalue weighted by atomic mass is 10.0. The van der Waals surface area contributed by atoms with Crippen molar-refractivity contribution in [3.05, 3.63) is 29.3 Å². The van der Waals surface area contributed by atoms with E-state index in [2.05, 4.69) is 0 Å². The third kappa shape index (κ3) is 2.89. The summed E-state index contributed by atoms with van der Waals surface area (Å²) in [5.41, 5.74) is 1.15. The number of hydrogen-bond donors (Lipinski definition) is 0. The number of methoxy groups -OCH3 is 2. The Bertz CT molecular complexity index is 529. The second-order valence-electron chi connectivity index (χ2n) is 5.11. The van der Waals surface area contributed by atoms with Crippen molar-refractivity contribution in [1.82, 2.24) is 0 Å². The maximum atomic E-state index is 11.7. The number of benzene rings is 1. The average Bonchev–Trinajstić information content (AvgIpc) is 2.62. The first-order chi connectivity index (χ1) is 8.95. The van der Waals surface area contributed by atoms with Crippen molar-refractivity contribution in [2.75, 3.05) is 14.2 Å². The molecule has 0 amide bonds. The van der Waals surface area contributed by atoms with E-state index in [9.17, 15) is 4.79 Å². The van der Waals surface area contributed by atoms with Gasteiger partial charge in [-0.3, -0.25) is 0 Å². The molecule has 0 spiro atoms. The minimum Gasteiger partial charge on any atom is -0.493 e. The number of rotatable bonds is 3. The van der Waals surface area contributed by atoms with Crippen LogP contribution >= 0.6 is 0 Å². The van der Waals surface area contributed by atoms with Crippen LogP contribution in [-0.4, -0.2) is 25.8 Å². The molecule has 0 saturated carbocycles. The van der Waals surface area contributed by atoms with Crippen molar-refractivity contribution < 1.29 is 19.0 Å². The van der Waals surface area contributed by atoms with Crippen LogP contribution in [0.3, 0.4) is 0 Å². The van der Waals surface area contributed by atoms with Crippen LogP contribution in [-0.2, 0) is 9.53 Å². The molecule has 0 aliphatic carbocycles. The van der Waals surface area contributed by atoms with Gasteiger partial charge in [0.1, 0.15) is 5.60 Å². The molecule has 1 saturated heterocycles. The molecule has 0 radical (unpaired) electrons. The Morgan fingerprint density at radius 2 is 1.89 bits per heavy atom. The van der Waals surface area contributed by atoms with Gasteiger partial charge >= 0.3 is 5.97 Å². The molecule has 1 fully saturated rings. The zero-order valence-electron chi connectivity index (χ0n) is 11.6. The Hall–Kier alpha value is -1.97. The standard InChI is InChI=1S/C15H18O4/c1-15(2)9-11(14(16)19-15)7-10-5-6-12(17-3)13(8-10)18-4/h5-8H,9H2,1-4H3. The fraction of sp³-hybridized carbons (Fsp3) is 0.400. The molecule has 1 aromatic rings. The molecular weight excluding hydrogens is 244 g/mol. The Morgan fingerprint density at radius 1 is 1.21 bits per heavy atom. The normalized spacial score (nSPS) is 19.4. The molecule has 102 valence electrons. The molecule has 1 heterocycles. The van der Waals surface area contributed by atoms with E-state index >= 15 is 0 Å². The van der Waals surface area contributed by atoms with Gasteiger partial charge in [0.2, 0.25) is 0 Å². The molecule has 1 aliphatic rings. The van der Waals surface area contributed by atoms with E-state index in [0.29, 0.717) is 23.5 Å². The maximum Gasteiger partial charge on any atom is 0.334 e. The molecule has 1 aliphatic heterocycles. The SMILES string of the molecule is COc1ccc(C=C2CC(C)(C)OC2=O)cc1OC. The zero-order valence-corrected chi connectivity index (χ0v) is 11.6. The van der Waals surface area contributed by atoms with Gasteiger partial charge in [0.05, 0.1) is 14.2 Å². The third-order valence-electron chi connectivity index (χ3n) is 3.00. The summed E-state index contributed by atoms with van der Waals surface area (Å²) >= 11 is 0. The van der Waals surface area contributed by atoms with Gasteiger partial charge in [-0.1, -0.05) is 6.07 Å². The quantitative estimate of drug-likeness (QED) is 0.620. The summed E-state index contributed by atoms with van der Waals surface area (Å²) in [5.74, 6) is 1.06. The first kappa shape index (κ1) is 13.5. The highest BCUT2D eigenvalue weighted by atomic mass is 16.6. The molecular formula is C15H18O4. The summed E-state index contributed by atoms with van der Waals surface area (Å²) in [4.78, 5) is 11.7. The van der Waals surface area contributed by atoms with Gasteiger partial charge in [0.25, 0.3) is 0 Å². The average molecular weight is 262 g/mol. The Kier molecular flexibility index (Phi) is 3.51. The molecule has 0 N–H and O–H groups in total. The van der Waals surface area contributed by atoms with Crippen LogP contribution in [0, 0.1) is 0 Å². The summed E-state index contributed by atoms with van der Waals surface area (Å²) in [7, 11) is 3.18. The Labute approximate surface area is 113 Å². The second-order valence-corrected chi connectivity index (χ2v) is 5.11. The highest BCUT2D eigenvalue weighted by molar-refractivity contribution is 5.96. The van der Waals surface area contributed by atoms with Crippen molar-refractivity contribution in [1.29, 1.82) is 0 Å². The van der Waals surface area contributed by atoms with Gasteiger partial charge in [-0.2, -0.15) is 0 Å². The van der Waals surface area contributed by atoms with Crippen LogP contribution in [0.15, 0.2) is 23.8 Å². The predicted molar refractivity (Wildman–Crippen MR) is 72.3 cm³/mol. The summed E-state index contributed by atoms with van der Waals surface area (Å²) in [5, 5.41) is 0. The maximum absolute atomic E-state index is 11.7. The molecule has 2 rings (SSSR count). The van der Waals surface area contributed by atoms with Crippen molar-refractivity contribution in [2.45, 2.75) is 25.9 Å². The Balaban J connectivity index is 2.31. The topological polar surface area (TPSA) is 44.8 Å². The molecule has 0 unspecified atom stereocenters. The number of ether oxygens (including phenoxy) is 3. The fourth-order valence-corrected chi connectivity index (χ4v) is 2.14. The smallest absolute Gasteiger partial charge is 0.334 e. The molecule has 0 aromatic heterocycles. The van der Waals surface area contributed by atoms with Crippen LogP contribution in [0.5, 0.6) is 11.5 Å². The number of carbonyl (C=O) groups excluding carboxylic acids is 1. The number of hydrogen-bond acceptors (Lipinski definition) is 4. The summed E-state index contributed by atoms with van der Waals surface area (Å²) < 4.78 is 15.7. The molecule has 1 aromatic carbocycles. The van der Waals surface area contributed by atoms with Crippen LogP contribution in [0.2, 0.25) is 0 Å². The minimum atomic E-state index is -0.417. The van der Waals surface area contributed by atoms with E-state index in [1.165, 1.54) is 0 Å². The lowest BCUT2D eigenvalue weighted by molar-refractivity contribution is -0.143. The highest BCUT2D eigenvalue weighted by Gasteiger charge is 2.35. The van der Waals surface area contributed by atoms with E-state index in [0.717, 1.165) is 5.56 Å². The summed E-state index contributed by atoms with van der Waals surface area (Å²) in [6.07, 6.45) is 2.44. The van der Waals surface area contributed by atoms with Crippen molar-refractivity contribution in [2.24, 2.45) is 0 Å². The lowest BCUT2D eigenvalue weighted by Gasteiger charge is -2.13. The van der Waals surface area contributed by atoms with Gasteiger partial charge in [0, 0.05) is 12.0 Å². The minimum absolute atomic E-state index is 0.250. The second kappa shape index (κ2) is 4.96. The van der Waals surface area contributed by atoms with Gasteiger partial charge in [-0.25, -0.2) is 4.79 Å². The molecule has 0 bridgehead atoms. The molecule has 0 atom stereocenters. The Morgan fingerprint density at radius 3 is 2.42 bits per heavy atom. The largest absolute Gasteiger partial charge is 0.493 e. The summed E-state index contributed by atoms with van der Waals surface area (Å²) in [6.45, 7) is 3.81. The monoisotopic (exact) mass is 262 g/mol. The van der Waals surface area contributed by atoms with Crippen LogP contribution in [0.1, 0.15) is 25.8 Å². The van der Waals surface area contributed by atoms with E-state index < -0.39 is 5.60 Å². The predicted octanol–water partition coefficient (Wildman–Crippen LogP) is 2.81. The molecule has 4 nitrogen and oxygen atoms in total. The number of esters is 1. The fourth-order valence-electron chi connectivity index (χ4n) is 2.14. The lowest BCUT2D eigenvalue weighted by Crippen LogP contribution is -2.17. The van der Waals surface area contributed by atoms with Crippen molar-refractivity contribution in [3.8, 4) is 11.5 Å². The first-order valence-corrected chi connectivity index (χ1v) is 6.11. The van der Waals surface area contributed by atoms with E-state index in [1.807, 2.05) is 38.1 Å². The van der Waals surface area contributed by atoms with Crippen LogP contribution < -0.4 is 9.47 Å². The van der Waals surface area contributed by atoms with E-state index in [1.54, 1.807) is 14.2 Å². The van der Waals surface area contributed by atoms with E-state index in [-0.39, 0.29) is 5.97 Å². The first-order valence-electron chi connectivity index (χ1n) is 6.11. The third-order valence-corrected chi connectivity index (χ3v) is 3.00. The summed E-state index contributed by atoms with van der Waals surface area (Å²) in [6, 6.07) is 5.54. The molecule has 4 heteroatoms. The van der Waals surface area contributed by atoms with Gasteiger partial charge in [0.15, 0.2) is 11.5 Å². The van der Waals surface area contributed by atoms with Crippen molar-refractivity contribution >= 4 is 12.0 Å². The van der Waals surface area contributed by atoms with Crippen LogP contribution in [0.4, 0.5) is 0 Å². The van der Waals surface area contributed by atoms with Crippen molar-refractivity contribution in [3.63, 3.8) is 0 Å². The van der Waals surface area contributed by atoms with Crippen LogP contribution in [0.25, 0.3) is 6.08 Å². The molecule has 19 heavy (non-hydrogen) atoms.